The average molecular weight is 195 g/mol. The minimum atomic E-state index is -0.261. The highest BCUT2D eigenvalue weighted by molar-refractivity contribution is 7.08. The number of hydrogen-bond donors (Lipinski definition) is 1. The Morgan fingerprint density at radius 1 is 1.62 bits per heavy atom. The van der Waals surface area contributed by atoms with Crippen LogP contribution in [0.4, 0.5) is 0 Å². The first kappa shape index (κ1) is 8.91. The molecule has 2 nitrogen and oxygen atoms in total. The summed E-state index contributed by atoms with van der Waals surface area (Å²) in [7, 11) is 0. The molecule has 13 heavy (non-hydrogen) atoms. The molecule has 0 saturated heterocycles. The third kappa shape index (κ3) is 1.67. The highest BCUT2D eigenvalue weighted by Crippen LogP contribution is 2.30. The quantitative estimate of drug-likeness (QED) is 0.750. The third-order valence-corrected chi connectivity index (χ3v) is 3.45. The molecule has 1 aromatic rings. The van der Waals surface area contributed by atoms with E-state index in [0.717, 1.165) is 18.4 Å². The van der Waals surface area contributed by atoms with Crippen molar-refractivity contribution >= 4 is 17.1 Å². The highest BCUT2D eigenvalue weighted by atomic mass is 32.1. The van der Waals surface area contributed by atoms with E-state index in [-0.39, 0.29) is 11.8 Å². The molecule has 3 heteroatoms. The molecule has 1 aliphatic rings. The zero-order valence-corrected chi connectivity index (χ0v) is 8.22. The molecule has 1 heterocycles. The Balaban J connectivity index is 2.04. The Morgan fingerprint density at radius 3 is 2.85 bits per heavy atom. The summed E-state index contributed by atoms with van der Waals surface area (Å²) in [5.41, 5.74) is 6.65. The predicted octanol–water partition coefficient (Wildman–Crippen LogP) is 2.06. The third-order valence-electron chi connectivity index (χ3n) is 2.77. The molecular weight excluding hydrogens is 182 g/mol. The van der Waals surface area contributed by atoms with Gasteiger partial charge >= 0.3 is 0 Å². The van der Waals surface area contributed by atoms with E-state index in [0.29, 0.717) is 5.92 Å². The normalized spacial score (nSPS) is 19.5. The Bertz CT molecular complexity index is 290. The lowest BCUT2D eigenvalue weighted by molar-refractivity contribution is 0.0897. The molecule has 1 unspecified atom stereocenters. The van der Waals surface area contributed by atoms with Crippen LogP contribution in [-0.4, -0.2) is 11.8 Å². The second kappa shape index (κ2) is 3.60. The first-order valence-electron chi connectivity index (χ1n) is 4.61. The fourth-order valence-corrected chi connectivity index (χ4v) is 2.26. The summed E-state index contributed by atoms with van der Waals surface area (Å²) in [5.74, 6) is 0.554. The second-order valence-corrected chi connectivity index (χ2v) is 4.37. The number of carbonyl (C=O) groups excluding carboxylic acids is 1. The number of rotatable bonds is 3. The molecule has 1 aliphatic carbocycles. The summed E-state index contributed by atoms with van der Waals surface area (Å²) in [4.78, 5) is 11.7. The largest absolute Gasteiger partial charge is 0.321 e. The van der Waals surface area contributed by atoms with Gasteiger partial charge in [0.2, 0.25) is 0 Å². The molecule has 2 N–H and O–H groups in total. The monoisotopic (exact) mass is 195 g/mol. The molecule has 0 spiro atoms. The van der Waals surface area contributed by atoms with Crippen molar-refractivity contribution in [2.24, 2.45) is 11.7 Å². The first-order chi connectivity index (χ1) is 6.29. The molecule has 0 aromatic carbocycles. The Labute approximate surface area is 81.8 Å². The predicted molar refractivity (Wildman–Crippen MR) is 54.0 cm³/mol. The summed E-state index contributed by atoms with van der Waals surface area (Å²) in [6.07, 6.45) is 3.48. The first-order valence-corrected chi connectivity index (χ1v) is 5.55. The Morgan fingerprint density at radius 2 is 2.38 bits per heavy atom. The Hall–Kier alpha value is -0.670. The molecule has 0 radical (unpaired) electrons. The van der Waals surface area contributed by atoms with Gasteiger partial charge in [0.15, 0.2) is 5.78 Å². The van der Waals surface area contributed by atoms with Gasteiger partial charge in [-0.1, -0.05) is 6.42 Å². The molecule has 0 amide bonds. The number of Topliss-reactive ketones (excluding diaryl/α,β-unsaturated/α-hetero) is 1. The minimum absolute atomic E-state index is 0.117. The van der Waals surface area contributed by atoms with E-state index in [1.165, 1.54) is 6.42 Å². The minimum Gasteiger partial charge on any atom is -0.321 e. The lowest BCUT2D eigenvalue weighted by atomic mass is 9.78. The summed E-state index contributed by atoms with van der Waals surface area (Å²) in [5, 5.41) is 3.79. The molecule has 1 fully saturated rings. The van der Waals surface area contributed by atoms with Gasteiger partial charge in [-0.15, -0.1) is 0 Å². The van der Waals surface area contributed by atoms with Crippen molar-refractivity contribution in [1.29, 1.82) is 0 Å². The van der Waals surface area contributed by atoms with Crippen LogP contribution in [0, 0.1) is 5.92 Å². The fourth-order valence-electron chi connectivity index (χ4n) is 1.61. The maximum Gasteiger partial charge on any atom is 0.180 e. The van der Waals surface area contributed by atoms with Crippen molar-refractivity contribution < 1.29 is 4.79 Å². The van der Waals surface area contributed by atoms with Gasteiger partial charge in [0, 0.05) is 10.9 Å². The number of ketones is 1. The number of nitrogens with two attached hydrogens (primary N) is 1. The van der Waals surface area contributed by atoms with Gasteiger partial charge in [-0.05, 0) is 30.2 Å². The SMILES string of the molecule is NC(C(=O)c1ccsc1)C1CCC1. The average Bonchev–Trinajstić information content (AvgIpc) is 2.51. The van der Waals surface area contributed by atoms with E-state index in [9.17, 15) is 4.79 Å². The van der Waals surface area contributed by atoms with Crippen molar-refractivity contribution in [1.82, 2.24) is 0 Å². The van der Waals surface area contributed by atoms with Crippen LogP contribution in [0.25, 0.3) is 0 Å². The van der Waals surface area contributed by atoms with Gasteiger partial charge < -0.3 is 5.73 Å². The van der Waals surface area contributed by atoms with Crippen LogP contribution in [0.15, 0.2) is 16.8 Å². The Kier molecular flexibility index (Phi) is 2.47. The topological polar surface area (TPSA) is 43.1 Å². The lowest BCUT2D eigenvalue weighted by Crippen LogP contribution is -2.41. The van der Waals surface area contributed by atoms with E-state index in [1.807, 2.05) is 16.8 Å². The molecule has 70 valence electrons. The summed E-state index contributed by atoms with van der Waals surface area (Å²) in [6, 6.07) is 1.59. The van der Waals surface area contributed by atoms with Crippen molar-refractivity contribution in [2.75, 3.05) is 0 Å². The number of carbonyl (C=O) groups is 1. The molecule has 1 atom stereocenters. The maximum absolute atomic E-state index is 11.7. The van der Waals surface area contributed by atoms with E-state index in [1.54, 1.807) is 11.3 Å². The van der Waals surface area contributed by atoms with Gasteiger partial charge in [0.1, 0.15) is 0 Å². The molecule has 0 aliphatic heterocycles. The fraction of sp³-hybridized carbons (Fsp3) is 0.500. The van der Waals surface area contributed by atoms with Crippen LogP contribution in [0.2, 0.25) is 0 Å². The van der Waals surface area contributed by atoms with Crippen molar-refractivity contribution in [2.45, 2.75) is 25.3 Å². The molecule has 1 saturated carbocycles. The van der Waals surface area contributed by atoms with Gasteiger partial charge in [-0.2, -0.15) is 11.3 Å². The molecule has 1 aromatic heterocycles. The van der Waals surface area contributed by atoms with Gasteiger partial charge in [0.05, 0.1) is 6.04 Å². The van der Waals surface area contributed by atoms with Crippen LogP contribution in [0.3, 0.4) is 0 Å². The zero-order chi connectivity index (χ0) is 9.26. The van der Waals surface area contributed by atoms with Crippen molar-refractivity contribution in [3.05, 3.63) is 22.4 Å². The lowest BCUT2D eigenvalue weighted by Gasteiger charge is -2.29. The van der Waals surface area contributed by atoms with Crippen LogP contribution >= 0.6 is 11.3 Å². The van der Waals surface area contributed by atoms with Gasteiger partial charge in [0.25, 0.3) is 0 Å². The molecular formula is C10H13NOS. The van der Waals surface area contributed by atoms with Crippen LogP contribution in [0.5, 0.6) is 0 Å². The summed E-state index contributed by atoms with van der Waals surface area (Å²) < 4.78 is 0. The standard InChI is InChI=1S/C10H13NOS/c11-9(7-2-1-3-7)10(12)8-4-5-13-6-8/h4-7,9H,1-3,11H2. The van der Waals surface area contributed by atoms with E-state index < -0.39 is 0 Å². The summed E-state index contributed by atoms with van der Waals surface area (Å²) >= 11 is 1.55. The number of hydrogen-bond acceptors (Lipinski definition) is 3. The molecule has 0 bridgehead atoms. The van der Waals surface area contributed by atoms with E-state index >= 15 is 0 Å². The molecule has 2 rings (SSSR count). The number of thiophene rings is 1. The maximum atomic E-state index is 11.7. The van der Waals surface area contributed by atoms with Gasteiger partial charge in [-0.25, -0.2) is 0 Å². The summed E-state index contributed by atoms with van der Waals surface area (Å²) in [6.45, 7) is 0. The van der Waals surface area contributed by atoms with Crippen molar-refractivity contribution in [3.63, 3.8) is 0 Å². The van der Waals surface area contributed by atoms with Crippen LogP contribution in [0.1, 0.15) is 29.6 Å². The second-order valence-electron chi connectivity index (χ2n) is 3.59. The highest BCUT2D eigenvalue weighted by Gasteiger charge is 2.29. The van der Waals surface area contributed by atoms with Gasteiger partial charge in [-0.3, -0.25) is 4.79 Å². The van der Waals surface area contributed by atoms with E-state index in [2.05, 4.69) is 0 Å². The smallest absolute Gasteiger partial charge is 0.180 e. The van der Waals surface area contributed by atoms with Crippen LogP contribution in [-0.2, 0) is 0 Å². The zero-order valence-electron chi connectivity index (χ0n) is 7.40. The van der Waals surface area contributed by atoms with Crippen molar-refractivity contribution in [3.8, 4) is 0 Å². The van der Waals surface area contributed by atoms with Crippen LogP contribution < -0.4 is 5.73 Å². The van der Waals surface area contributed by atoms with E-state index in [4.69, 9.17) is 5.73 Å².